The fourth-order valence-corrected chi connectivity index (χ4v) is 4.91. The minimum absolute atomic E-state index is 0.00732. The van der Waals surface area contributed by atoms with Gasteiger partial charge in [0.15, 0.2) is 0 Å². The molecule has 0 aromatic heterocycles. The number of rotatable bonds is 13. The van der Waals surface area contributed by atoms with Gasteiger partial charge in [0.1, 0.15) is 17.2 Å². The van der Waals surface area contributed by atoms with Gasteiger partial charge in [0.2, 0.25) is 0 Å². The third-order valence-electron chi connectivity index (χ3n) is 6.80. The molecule has 0 saturated carbocycles. The molecular formula is C32H25F10NO3. The van der Waals surface area contributed by atoms with Gasteiger partial charge in [-0.1, -0.05) is 72.8 Å². The van der Waals surface area contributed by atoms with Gasteiger partial charge >= 0.3 is 25.3 Å². The molecule has 14 heteroatoms. The van der Waals surface area contributed by atoms with Crippen LogP contribution in [0.5, 0.6) is 17.2 Å². The van der Waals surface area contributed by atoms with Crippen molar-refractivity contribution in [3.63, 3.8) is 0 Å². The Morgan fingerprint density at radius 3 is 1.63 bits per heavy atom. The first-order valence-corrected chi connectivity index (χ1v) is 13.5. The summed E-state index contributed by atoms with van der Waals surface area (Å²) in [7, 11) is 0. The van der Waals surface area contributed by atoms with Gasteiger partial charge in [-0.25, -0.2) is 0 Å². The Morgan fingerprint density at radius 2 is 1.11 bits per heavy atom. The lowest BCUT2D eigenvalue weighted by Gasteiger charge is -2.36. The van der Waals surface area contributed by atoms with Crippen molar-refractivity contribution >= 4 is 0 Å². The van der Waals surface area contributed by atoms with Gasteiger partial charge in [-0.05, 0) is 53.4 Å². The summed E-state index contributed by atoms with van der Waals surface area (Å²) in [4.78, 5) is 0. The van der Waals surface area contributed by atoms with E-state index in [4.69, 9.17) is 0 Å². The fraction of sp³-hybridized carbons (Fsp3) is 0.250. The first kappa shape index (κ1) is 34.4. The van der Waals surface area contributed by atoms with E-state index in [2.05, 4.69) is 19.5 Å². The summed E-state index contributed by atoms with van der Waals surface area (Å²) in [5.74, 6) is -1.76. The summed E-state index contributed by atoms with van der Waals surface area (Å²) in [6.07, 6.45) is -19.0. The van der Waals surface area contributed by atoms with Crippen molar-refractivity contribution in [1.29, 1.82) is 0 Å². The Labute approximate surface area is 256 Å². The molecule has 46 heavy (non-hydrogen) atoms. The van der Waals surface area contributed by atoms with Gasteiger partial charge in [-0.2, -0.15) is 17.6 Å². The van der Waals surface area contributed by atoms with E-state index in [1.807, 2.05) is 0 Å². The van der Waals surface area contributed by atoms with Gasteiger partial charge in [-0.3, -0.25) is 0 Å². The van der Waals surface area contributed by atoms with Crippen LogP contribution in [0.3, 0.4) is 0 Å². The topological polar surface area (TPSA) is 39.7 Å². The van der Waals surface area contributed by atoms with Gasteiger partial charge in [0.05, 0.1) is 0 Å². The second kappa shape index (κ2) is 13.9. The lowest BCUT2D eigenvalue weighted by atomic mass is 9.70. The molecule has 0 amide bonds. The SMILES string of the molecule is FC(F)C(F)(F)Oc1ccccc1CNCC(Cc1ccccc1)(c1cccc(OC(F)(F)F)c1)c1cccc(OC(F)(F)F)c1. The van der Waals surface area contributed by atoms with Crippen molar-refractivity contribution in [2.45, 2.75) is 43.6 Å². The van der Waals surface area contributed by atoms with Crippen molar-refractivity contribution in [3.05, 3.63) is 125 Å². The van der Waals surface area contributed by atoms with Gasteiger partial charge < -0.3 is 19.5 Å². The molecule has 0 saturated heterocycles. The minimum atomic E-state index is -5.05. The maximum atomic E-state index is 13.7. The number of alkyl halides is 10. The Morgan fingerprint density at radius 1 is 0.587 bits per heavy atom. The Kier molecular flexibility index (Phi) is 10.4. The number of ether oxygens (including phenoxy) is 3. The normalized spacial score (nSPS) is 12.7. The van der Waals surface area contributed by atoms with Crippen LogP contribution in [-0.2, 0) is 18.4 Å². The summed E-state index contributed by atoms with van der Waals surface area (Å²) in [5, 5.41) is 3.01. The number of benzene rings is 4. The highest BCUT2D eigenvalue weighted by Gasteiger charge is 2.44. The molecule has 4 aromatic rings. The van der Waals surface area contributed by atoms with E-state index in [-0.39, 0.29) is 36.2 Å². The van der Waals surface area contributed by atoms with Crippen LogP contribution in [0.1, 0.15) is 22.3 Å². The molecule has 0 radical (unpaired) electrons. The van der Waals surface area contributed by atoms with Crippen LogP contribution in [0.2, 0.25) is 0 Å². The lowest BCUT2D eigenvalue weighted by Crippen LogP contribution is -2.41. The van der Waals surface area contributed by atoms with Gasteiger partial charge in [0.25, 0.3) is 0 Å². The van der Waals surface area contributed by atoms with Crippen molar-refractivity contribution < 1.29 is 58.1 Å². The first-order valence-electron chi connectivity index (χ1n) is 13.5. The molecule has 1 N–H and O–H groups in total. The van der Waals surface area contributed by atoms with E-state index in [0.717, 1.165) is 30.3 Å². The molecule has 4 aromatic carbocycles. The first-order chi connectivity index (χ1) is 21.6. The Balaban J connectivity index is 1.82. The Hall–Kier alpha value is -4.46. The summed E-state index contributed by atoms with van der Waals surface area (Å²) >= 11 is 0. The molecule has 0 atom stereocenters. The third-order valence-corrected chi connectivity index (χ3v) is 6.80. The summed E-state index contributed by atoms with van der Waals surface area (Å²) < 4.78 is 145. The number of para-hydroxylation sites is 1. The number of halogens is 10. The van der Waals surface area contributed by atoms with Crippen LogP contribution >= 0.6 is 0 Å². The zero-order valence-electron chi connectivity index (χ0n) is 23.5. The standard InChI is InChI=1S/C32H25F10NO3/c33-28(34)30(35,36)46-27-15-5-4-10-22(27)19-43-20-29(18-21-8-2-1-3-9-21,23-11-6-13-25(16-23)44-31(37,38)39)24-12-7-14-26(17-24)45-32(40,41)42/h1-17,28,43H,18-20H2. The van der Waals surface area contributed by atoms with E-state index < -0.39 is 47.9 Å². The molecule has 4 rings (SSSR count). The third kappa shape index (κ3) is 9.28. The highest BCUT2D eigenvalue weighted by atomic mass is 19.4. The van der Waals surface area contributed by atoms with Crippen LogP contribution in [0.15, 0.2) is 103 Å². The number of hydrogen-bond donors (Lipinski definition) is 1. The minimum Gasteiger partial charge on any atom is -0.428 e. The monoisotopic (exact) mass is 661 g/mol. The van der Waals surface area contributed by atoms with Crippen molar-refractivity contribution in [1.82, 2.24) is 5.32 Å². The number of hydrogen-bond acceptors (Lipinski definition) is 4. The van der Waals surface area contributed by atoms with Crippen LogP contribution < -0.4 is 19.5 Å². The average molecular weight is 662 g/mol. The van der Waals surface area contributed by atoms with Gasteiger partial charge in [0, 0.05) is 24.1 Å². The average Bonchev–Trinajstić information content (AvgIpc) is 2.96. The van der Waals surface area contributed by atoms with Gasteiger partial charge in [-0.15, -0.1) is 26.3 Å². The zero-order chi connectivity index (χ0) is 33.6. The highest BCUT2D eigenvalue weighted by molar-refractivity contribution is 5.47. The molecule has 0 aliphatic rings. The molecule has 0 fully saturated rings. The second-order valence-corrected chi connectivity index (χ2v) is 10.1. The summed E-state index contributed by atoms with van der Waals surface area (Å²) in [5.41, 5.74) is -0.416. The van der Waals surface area contributed by atoms with E-state index in [9.17, 15) is 43.9 Å². The fourth-order valence-electron chi connectivity index (χ4n) is 4.91. The number of nitrogens with one attached hydrogen (secondary N) is 1. The molecule has 0 spiro atoms. The predicted molar refractivity (Wildman–Crippen MR) is 147 cm³/mol. The van der Waals surface area contributed by atoms with Crippen LogP contribution in [0.4, 0.5) is 43.9 Å². The van der Waals surface area contributed by atoms with E-state index in [1.54, 1.807) is 30.3 Å². The molecule has 0 aliphatic heterocycles. The molecule has 246 valence electrons. The highest BCUT2D eigenvalue weighted by Crippen LogP contribution is 2.40. The summed E-state index contributed by atoms with van der Waals surface area (Å²) in [6, 6.07) is 23.4. The Bertz CT molecular complexity index is 1520. The molecule has 0 heterocycles. The summed E-state index contributed by atoms with van der Waals surface area (Å²) in [6.45, 7) is -0.490. The van der Waals surface area contributed by atoms with Crippen molar-refractivity contribution in [3.8, 4) is 17.2 Å². The molecule has 0 unspecified atom stereocenters. The maximum Gasteiger partial charge on any atom is 0.573 e. The predicted octanol–water partition coefficient (Wildman–Crippen LogP) is 9.04. The molecule has 4 nitrogen and oxygen atoms in total. The van der Waals surface area contributed by atoms with Crippen molar-refractivity contribution in [2.75, 3.05) is 6.54 Å². The van der Waals surface area contributed by atoms with E-state index in [0.29, 0.717) is 5.56 Å². The van der Waals surface area contributed by atoms with Crippen LogP contribution in [0.25, 0.3) is 0 Å². The van der Waals surface area contributed by atoms with E-state index >= 15 is 0 Å². The smallest absolute Gasteiger partial charge is 0.428 e. The lowest BCUT2D eigenvalue weighted by molar-refractivity contribution is -0.275. The maximum absolute atomic E-state index is 13.7. The van der Waals surface area contributed by atoms with E-state index in [1.165, 1.54) is 42.5 Å². The largest absolute Gasteiger partial charge is 0.573 e. The van der Waals surface area contributed by atoms with Crippen molar-refractivity contribution in [2.24, 2.45) is 0 Å². The molecule has 0 bridgehead atoms. The second-order valence-electron chi connectivity index (χ2n) is 10.1. The molecule has 0 aliphatic carbocycles. The van der Waals surface area contributed by atoms with Crippen LogP contribution in [-0.4, -0.2) is 31.8 Å². The quantitative estimate of drug-likeness (QED) is 0.145. The zero-order valence-corrected chi connectivity index (χ0v) is 23.5. The van der Waals surface area contributed by atoms with Crippen LogP contribution in [0, 0.1) is 0 Å². The molecular weight excluding hydrogens is 636 g/mol.